The first-order valence-electron chi connectivity index (χ1n) is 8.11. The number of morpholine rings is 1. The van der Waals surface area contributed by atoms with Crippen LogP contribution in [0.15, 0.2) is 41.8 Å². The van der Waals surface area contributed by atoms with Gasteiger partial charge in [0.2, 0.25) is 0 Å². The summed E-state index contributed by atoms with van der Waals surface area (Å²) in [4.78, 5) is 15.6. The number of hydrogen-bond donors (Lipinski definition) is 2. The molecule has 0 aliphatic carbocycles. The van der Waals surface area contributed by atoms with E-state index in [-0.39, 0.29) is 12.1 Å². The number of nitrogens with zero attached hydrogens (tertiary/aromatic N) is 1. The van der Waals surface area contributed by atoms with Gasteiger partial charge in [0, 0.05) is 17.0 Å². The van der Waals surface area contributed by atoms with Crippen LogP contribution in [0.4, 0.5) is 10.5 Å². The summed E-state index contributed by atoms with van der Waals surface area (Å²) in [6, 6.07) is 11.6. The van der Waals surface area contributed by atoms with Gasteiger partial charge in [0.25, 0.3) is 0 Å². The van der Waals surface area contributed by atoms with Gasteiger partial charge in [0.15, 0.2) is 0 Å². The number of amides is 2. The lowest BCUT2D eigenvalue weighted by molar-refractivity contribution is -0.00160. The van der Waals surface area contributed by atoms with E-state index in [0.717, 1.165) is 16.1 Å². The summed E-state index contributed by atoms with van der Waals surface area (Å²) < 4.78 is 5.47. The van der Waals surface area contributed by atoms with Crippen LogP contribution in [-0.4, -0.2) is 47.9 Å². The highest BCUT2D eigenvalue weighted by Crippen LogP contribution is 2.31. The molecule has 128 valence electrons. The van der Waals surface area contributed by atoms with Crippen molar-refractivity contribution in [2.45, 2.75) is 25.5 Å². The second-order valence-corrected chi connectivity index (χ2v) is 6.91. The van der Waals surface area contributed by atoms with Gasteiger partial charge in [-0.3, -0.25) is 0 Å². The number of aliphatic hydroxyl groups excluding tert-OH is 1. The number of rotatable bonds is 4. The third kappa shape index (κ3) is 3.95. The summed E-state index contributed by atoms with van der Waals surface area (Å²) in [6.45, 7) is 3.25. The molecule has 1 aromatic heterocycles. The summed E-state index contributed by atoms with van der Waals surface area (Å²) in [5.74, 6) is 0. The van der Waals surface area contributed by atoms with Crippen molar-refractivity contribution in [2.24, 2.45) is 0 Å². The van der Waals surface area contributed by atoms with Crippen molar-refractivity contribution in [2.75, 3.05) is 25.1 Å². The average Bonchev–Trinajstić information content (AvgIpc) is 3.09. The van der Waals surface area contributed by atoms with Crippen LogP contribution in [0.25, 0.3) is 10.4 Å². The lowest BCUT2D eigenvalue weighted by Crippen LogP contribution is -2.51. The molecule has 1 aliphatic rings. The first-order valence-corrected chi connectivity index (χ1v) is 8.99. The van der Waals surface area contributed by atoms with Crippen molar-refractivity contribution in [3.63, 3.8) is 0 Å². The number of urea groups is 1. The van der Waals surface area contributed by atoms with Crippen LogP contribution in [0, 0.1) is 0 Å². The quantitative estimate of drug-likeness (QED) is 0.892. The van der Waals surface area contributed by atoms with Gasteiger partial charge >= 0.3 is 6.03 Å². The van der Waals surface area contributed by atoms with Crippen LogP contribution >= 0.6 is 11.3 Å². The van der Waals surface area contributed by atoms with Crippen LogP contribution in [0.2, 0.25) is 0 Å². The van der Waals surface area contributed by atoms with E-state index < -0.39 is 6.10 Å². The molecule has 5 nitrogen and oxygen atoms in total. The third-order valence-corrected chi connectivity index (χ3v) is 4.96. The molecule has 1 aliphatic heterocycles. The van der Waals surface area contributed by atoms with Crippen molar-refractivity contribution in [3.05, 3.63) is 41.8 Å². The Morgan fingerprint density at radius 1 is 1.42 bits per heavy atom. The largest absolute Gasteiger partial charge is 0.393 e. The first-order chi connectivity index (χ1) is 11.6. The standard InChI is InChI=1S/C18H22N2O3S/c1-13(21)11-14-12-23-9-8-20(14)18(22)19-16-6-3-2-5-15(16)17-7-4-10-24-17/h2-7,10,13-14,21H,8-9,11-12H2,1H3,(H,19,22)/t13-,14-/m0/s1. The molecule has 1 fully saturated rings. The number of carbonyl (C=O) groups is 1. The van der Waals surface area contributed by atoms with E-state index in [0.29, 0.717) is 26.2 Å². The van der Waals surface area contributed by atoms with Gasteiger partial charge in [-0.2, -0.15) is 0 Å². The molecule has 2 heterocycles. The van der Waals surface area contributed by atoms with E-state index in [1.165, 1.54) is 0 Å². The molecule has 2 atom stereocenters. The van der Waals surface area contributed by atoms with Crippen LogP contribution in [0.5, 0.6) is 0 Å². The second-order valence-electron chi connectivity index (χ2n) is 5.96. The van der Waals surface area contributed by atoms with Crippen LogP contribution in [0.3, 0.4) is 0 Å². The van der Waals surface area contributed by atoms with Gasteiger partial charge in [-0.25, -0.2) is 4.79 Å². The minimum absolute atomic E-state index is 0.104. The topological polar surface area (TPSA) is 61.8 Å². The highest BCUT2D eigenvalue weighted by Gasteiger charge is 2.28. The lowest BCUT2D eigenvalue weighted by atomic mass is 10.1. The zero-order chi connectivity index (χ0) is 16.9. The summed E-state index contributed by atoms with van der Waals surface area (Å²) in [5.41, 5.74) is 1.81. The second kappa shape index (κ2) is 7.79. The lowest BCUT2D eigenvalue weighted by Gasteiger charge is -2.36. The highest BCUT2D eigenvalue weighted by atomic mass is 32.1. The van der Waals surface area contributed by atoms with Crippen LogP contribution in [-0.2, 0) is 4.74 Å². The van der Waals surface area contributed by atoms with Crippen molar-refractivity contribution < 1.29 is 14.6 Å². The molecule has 2 aromatic rings. The summed E-state index contributed by atoms with van der Waals surface area (Å²) in [5, 5.41) is 14.7. The summed E-state index contributed by atoms with van der Waals surface area (Å²) >= 11 is 1.64. The smallest absolute Gasteiger partial charge is 0.322 e. The fourth-order valence-corrected chi connectivity index (χ4v) is 3.70. The maximum atomic E-state index is 12.8. The van der Waals surface area contributed by atoms with Gasteiger partial charge in [-0.05, 0) is 30.9 Å². The Bertz CT molecular complexity index is 673. The number of thiophene rings is 1. The monoisotopic (exact) mass is 346 g/mol. The van der Waals surface area contributed by atoms with Crippen molar-refractivity contribution in [3.8, 4) is 10.4 Å². The molecule has 0 bridgehead atoms. The molecule has 0 unspecified atom stereocenters. The minimum atomic E-state index is -0.467. The molecule has 3 rings (SSSR count). The molecule has 1 aromatic carbocycles. The van der Waals surface area contributed by atoms with Gasteiger partial charge in [-0.1, -0.05) is 24.3 Å². The van der Waals surface area contributed by atoms with E-state index in [2.05, 4.69) is 5.32 Å². The number of ether oxygens (including phenoxy) is 1. The Balaban J connectivity index is 1.77. The molecule has 6 heteroatoms. The number of aliphatic hydroxyl groups is 1. The van der Waals surface area contributed by atoms with Crippen LogP contribution < -0.4 is 5.32 Å². The van der Waals surface area contributed by atoms with Crippen molar-refractivity contribution in [1.82, 2.24) is 4.90 Å². The van der Waals surface area contributed by atoms with E-state index >= 15 is 0 Å². The fraction of sp³-hybridized carbons (Fsp3) is 0.389. The number of nitrogens with one attached hydrogen (secondary N) is 1. The number of hydrogen-bond acceptors (Lipinski definition) is 4. The number of anilines is 1. The molecule has 24 heavy (non-hydrogen) atoms. The Morgan fingerprint density at radius 3 is 3.00 bits per heavy atom. The number of carbonyl (C=O) groups excluding carboxylic acids is 1. The molecule has 1 saturated heterocycles. The Labute approximate surface area is 145 Å². The Kier molecular flexibility index (Phi) is 5.50. The minimum Gasteiger partial charge on any atom is -0.393 e. The average molecular weight is 346 g/mol. The normalized spacial score (nSPS) is 19.1. The fourth-order valence-electron chi connectivity index (χ4n) is 2.94. The van der Waals surface area contributed by atoms with E-state index in [1.807, 2.05) is 41.8 Å². The Hall–Kier alpha value is -1.89. The molecular formula is C18H22N2O3S. The van der Waals surface area contributed by atoms with Gasteiger partial charge in [0.05, 0.1) is 31.0 Å². The SMILES string of the molecule is C[C@H](O)C[C@H]1COCCN1C(=O)Nc1ccccc1-c1cccs1. The molecule has 2 N–H and O–H groups in total. The maximum absolute atomic E-state index is 12.8. The molecule has 2 amide bonds. The van der Waals surface area contributed by atoms with Crippen LogP contribution in [0.1, 0.15) is 13.3 Å². The predicted molar refractivity (Wildman–Crippen MR) is 96.4 cm³/mol. The Morgan fingerprint density at radius 2 is 2.25 bits per heavy atom. The predicted octanol–water partition coefficient (Wildman–Crippen LogP) is 3.42. The molecule has 0 spiro atoms. The van der Waals surface area contributed by atoms with E-state index in [4.69, 9.17) is 4.74 Å². The molecule has 0 saturated carbocycles. The highest BCUT2D eigenvalue weighted by molar-refractivity contribution is 7.13. The maximum Gasteiger partial charge on any atom is 0.322 e. The first kappa shape index (κ1) is 17.0. The molecular weight excluding hydrogens is 324 g/mol. The van der Waals surface area contributed by atoms with Gasteiger partial charge in [-0.15, -0.1) is 11.3 Å². The summed E-state index contributed by atoms with van der Waals surface area (Å²) in [6.07, 6.45) is 0.0467. The number of para-hydroxylation sites is 1. The van der Waals surface area contributed by atoms with Crippen molar-refractivity contribution >= 4 is 23.1 Å². The number of benzene rings is 1. The zero-order valence-corrected chi connectivity index (χ0v) is 14.5. The van der Waals surface area contributed by atoms with Gasteiger partial charge in [0.1, 0.15) is 0 Å². The van der Waals surface area contributed by atoms with Gasteiger partial charge < -0.3 is 20.1 Å². The third-order valence-electron chi connectivity index (χ3n) is 4.06. The van der Waals surface area contributed by atoms with E-state index in [1.54, 1.807) is 23.2 Å². The van der Waals surface area contributed by atoms with E-state index in [9.17, 15) is 9.90 Å². The summed E-state index contributed by atoms with van der Waals surface area (Å²) in [7, 11) is 0. The van der Waals surface area contributed by atoms with Crippen molar-refractivity contribution in [1.29, 1.82) is 0 Å². The molecule has 0 radical (unpaired) electrons. The zero-order valence-electron chi connectivity index (χ0n) is 13.6.